The molecule has 2 aromatic rings. The summed E-state index contributed by atoms with van der Waals surface area (Å²) in [5, 5.41) is 3.62. The van der Waals surface area contributed by atoms with Gasteiger partial charge in [0.2, 0.25) is 0 Å². The molecule has 1 N–H and O–H groups in total. The molecule has 0 radical (unpaired) electrons. The molecular formula is C12H13ClN2O2. The number of rotatable bonds is 5. The second kappa shape index (κ2) is 5.70. The van der Waals surface area contributed by atoms with Crippen LogP contribution in [0.3, 0.4) is 0 Å². The number of hydrogen-bond donors (Lipinski definition) is 1. The van der Waals surface area contributed by atoms with Crippen LogP contribution in [0.15, 0.2) is 35.2 Å². The Bertz CT molecular complexity index is 485. The van der Waals surface area contributed by atoms with E-state index in [1.54, 1.807) is 24.7 Å². The van der Waals surface area contributed by atoms with Crippen molar-refractivity contribution in [1.82, 2.24) is 10.3 Å². The number of ether oxygens (including phenoxy) is 1. The molecule has 2 aromatic heterocycles. The van der Waals surface area contributed by atoms with E-state index >= 15 is 0 Å². The topological polar surface area (TPSA) is 47.3 Å². The maximum atomic E-state index is 5.81. The predicted molar refractivity (Wildman–Crippen MR) is 65.1 cm³/mol. The molecule has 17 heavy (non-hydrogen) atoms. The molecule has 0 aliphatic carbocycles. The zero-order chi connectivity index (χ0) is 12.1. The summed E-state index contributed by atoms with van der Waals surface area (Å²) in [6.07, 6.45) is 4.84. The Morgan fingerprint density at radius 1 is 1.47 bits per heavy atom. The smallest absolute Gasteiger partial charge is 0.146 e. The molecule has 0 saturated carbocycles. The lowest BCUT2D eigenvalue weighted by atomic mass is 10.2. The summed E-state index contributed by atoms with van der Waals surface area (Å²) in [5.41, 5.74) is 1.09. The summed E-state index contributed by atoms with van der Waals surface area (Å²) in [6, 6.07) is 3.64. The largest absolute Gasteiger partial charge is 0.484 e. The van der Waals surface area contributed by atoms with Crippen molar-refractivity contribution in [3.05, 3.63) is 47.1 Å². The Labute approximate surface area is 105 Å². The first kappa shape index (κ1) is 12.0. The fourth-order valence-corrected chi connectivity index (χ4v) is 1.63. The van der Waals surface area contributed by atoms with Gasteiger partial charge in [-0.05, 0) is 13.1 Å². The fourth-order valence-electron chi connectivity index (χ4n) is 1.46. The minimum atomic E-state index is 0.367. The Morgan fingerprint density at radius 3 is 3.12 bits per heavy atom. The molecule has 0 aliphatic heterocycles. The molecular weight excluding hydrogens is 240 g/mol. The predicted octanol–water partition coefficient (Wildman–Crippen LogP) is 2.63. The van der Waals surface area contributed by atoms with Crippen LogP contribution in [0.5, 0.6) is 5.75 Å². The molecule has 2 heterocycles. The van der Waals surface area contributed by atoms with Crippen LogP contribution in [-0.2, 0) is 13.2 Å². The number of halogens is 1. The van der Waals surface area contributed by atoms with Gasteiger partial charge in [0.15, 0.2) is 0 Å². The highest BCUT2D eigenvalue weighted by Crippen LogP contribution is 2.18. The van der Waals surface area contributed by atoms with Crippen LogP contribution >= 0.6 is 11.6 Å². The van der Waals surface area contributed by atoms with Crippen LogP contribution in [0.1, 0.15) is 11.3 Å². The summed E-state index contributed by atoms with van der Waals surface area (Å²) in [7, 11) is 1.89. The Hall–Kier alpha value is -1.52. The maximum Gasteiger partial charge on any atom is 0.146 e. The van der Waals surface area contributed by atoms with Gasteiger partial charge in [-0.3, -0.25) is 4.98 Å². The third-order valence-corrected chi connectivity index (χ3v) is 2.46. The highest BCUT2D eigenvalue weighted by Gasteiger charge is 2.06. The summed E-state index contributed by atoms with van der Waals surface area (Å²) in [6.45, 7) is 1.12. The lowest BCUT2D eigenvalue weighted by Crippen LogP contribution is -2.07. The number of furan rings is 1. The molecule has 0 fully saturated rings. The quantitative estimate of drug-likeness (QED) is 0.889. The van der Waals surface area contributed by atoms with Crippen molar-refractivity contribution in [3.8, 4) is 5.75 Å². The van der Waals surface area contributed by atoms with E-state index in [0.717, 1.165) is 17.9 Å². The molecule has 0 aliphatic rings. The number of aromatic nitrogens is 1. The van der Waals surface area contributed by atoms with Crippen molar-refractivity contribution in [3.63, 3.8) is 0 Å². The van der Waals surface area contributed by atoms with E-state index in [-0.39, 0.29) is 0 Å². The van der Waals surface area contributed by atoms with Crippen molar-refractivity contribution in [2.45, 2.75) is 13.2 Å². The highest BCUT2D eigenvalue weighted by atomic mass is 35.5. The van der Waals surface area contributed by atoms with Gasteiger partial charge in [-0.1, -0.05) is 11.6 Å². The van der Waals surface area contributed by atoms with Crippen LogP contribution in [0, 0.1) is 0 Å². The molecule has 90 valence electrons. The number of nitrogens with zero attached hydrogens (tertiary/aromatic N) is 1. The maximum absolute atomic E-state index is 5.81. The molecule has 0 spiro atoms. The molecule has 0 atom stereocenters. The van der Waals surface area contributed by atoms with E-state index in [1.807, 2.05) is 13.1 Å². The molecule has 0 saturated heterocycles. The molecule has 0 amide bonds. The average molecular weight is 253 g/mol. The summed E-state index contributed by atoms with van der Waals surface area (Å²) >= 11 is 5.81. The third-order valence-electron chi connectivity index (χ3n) is 2.25. The van der Waals surface area contributed by atoms with Crippen molar-refractivity contribution < 1.29 is 9.15 Å². The van der Waals surface area contributed by atoms with E-state index in [1.165, 1.54) is 0 Å². The zero-order valence-electron chi connectivity index (χ0n) is 9.44. The van der Waals surface area contributed by atoms with E-state index in [0.29, 0.717) is 17.4 Å². The van der Waals surface area contributed by atoms with Crippen LogP contribution in [-0.4, -0.2) is 12.0 Å². The normalized spacial score (nSPS) is 10.5. The minimum absolute atomic E-state index is 0.367. The van der Waals surface area contributed by atoms with E-state index < -0.39 is 0 Å². The summed E-state index contributed by atoms with van der Waals surface area (Å²) in [5.74, 6) is 1.43. The Balaban J connectivity index is 1.99. The number of nitrogens with one attached hydrogen (secondary N) is 1. The highest BCUT2D eigenvalue weighted by molar-refractivity contribution is 6.30. The lowest BCUT2D eigenvalue weighted by molar-refractivity contribution is 0.267. The minimum Gasteiger partial charge on any atom is -0.484 e. The van der Waals surface area contributed by atoms with Crippen molar-refractivity contribution in [1.29, 1.82) is 0 Å². The summed E-state index contributed by atoms with van der Waals surface area (Å²) in [4.78, 5) is 3.94. The third kappa shape index (κ3) is 3.22. The Morgan fingerprint density at radius 2 is 2.35 bits per heavy atom. The van der Waals surface area contributed by atoms with Gasteiger partial charge in [-0.2, -0.15) is 0 Å². The molecule has 0 aromatic carbocycles. The van der Waals surface area contributed by atoms with Crippen molar-refractivity contribution in [2.24, 2.45) is 0 Å². The standard InChI is InChI=1S/C12H13ClN2O2/c1-14-5-9-2-3-16-12(9)8-17-11-4-10(13)6-15-7-11/h2-4,6-7,14H,5,8H2,1H3. The second-order valence-electron chi connectivity index (χ2n) is 3.53. The average Bonchev–Trinajstić information content (AvgIpc) is 2.75. The van der Waals surface area contributed by atoms with Gasteiger partial charge in [-0.15, -0.1) is 0 Å². The van der Waals surface area contributed by atoms with Gasteiger partial charge in [0.1, 0.15) is 18.1 Å². The number of hydrogen-bond acceptors (Lipinski definition) is 4. The molecule has 2 rings (SSSR count). The van der Waals surface area contributed by atoms with Gasteiger partial charge in [0.05, 0.1) is 17.5 Å². The molecule has 0 unspecified atom stereocenters. The monoisotopic (exact) mass is 252 g/mol. The lowest BCUT2D eigenvalue weighted by Gasteiger charge is -2.05. The van der Waals surface area contributed by atoms with Gasteiger partial charge in [0.25, 0.3) is 0 Å². The van der Waals surface area contributed by atoms with E-state index in [4.69, 9.17) is 20.8 Å². The first-order valence-corrected chi connectivity index (χ1v) is 5.60. The molecule has 4 nitrogen and oxygen atoms in total. The van der Waals surface area contributed by atoms with E-state index in [2.05, 4.69) is 10.3 Å². The Kier molecular flexibility index (Phi) is 4.01. The van der Waals surface area contributed by atoms with Crippen molar-refractivity contribution >= 4 is 11.6 Å². The van der Waals surface area contributed by atoms with Crippen molar-refractivity contribution in [2.75, 3.05) is 7.05 Å². The van der Waals surface area contributed by atoms with Crippen LogP contribution in [0.2, 0.25) is 5.02 Å². The fraction of sp³-hybridized carbons (Fsp3) is 0.250. The van der Waals surface area contributed by atoms with E-state index in [9.17, 15) is 0 Å². The first-order valence-electron chi connectivity index (χ1n) is 5.23. The van der Waals surface area contributed by atoms with Gasteiger partial charge >= 0.3 is 0 Å². The second-order valence-corrected chi connectivity index (χ2v) is 3.96. The van der Waals surface area contributed by atoms with Gasteiger partial charge < -0.3 is 14.5 Å². The first-order chi connectivity index (χ1) is 8.29. The van der Waals surface area contributed by atoms with Gasteiger partial charge in [-0.25, -0.2) is 0 Å². The number of pyridine rings is 1. The SMILES string of the molecule is CNCc1ccoc1COc1cncc(Cl)c1. The van der Waals surface area contributed by atoms with Crippen LogP contribution in [0.25, 0.3) is 0 Å². The van der Waals surface area contributed by atoms with Crippen LogP contribution in [0.4, 0.5) is 0 Å². The zero-order valence-corrected chi connectivity index (χ0v) is 10.2. The summed E-state index contributed by atoms with van der Waals surface area (Å²) < 4.78 is 10.9. The van der Waals surface area contributed by atoms with Crippen LogP contribution < -0.4 is 10.1 Å². The molecule has 5 heteroatoms. The van der Waals surface area contributed by atoms with Gasteiger partial charge in [0, 0.05) is 24.4 Å². The molecule has 0 bridgehead atoms.